The number of carboxylic acids is 1. The van der Waals surface area contributed by atoms with Crippen LogP contribution in [0.3, 0.4) is 0 Å². The fourth-order valence-corrected chi connectivity index (χ4v) is 3.86. The van der Waals surface area contributed by atoms with Gasteiger partial charge in [-0.3, -0.25) is 9.59 Å². The minimum Gasteiger partial charge on any atom is -0.481 e. The van der Waals surface area contributed by atoms with Gasteiger partial charge in [0.15, 0.2) is 0 Å². The second-order valence-corrected chi connectivity index (χ2v) is 7.40. The maximum atomic E-state index is 12.8. The molecule has 0 unspecified atom stereocenters. The van der Waals surface area contributed by atoms with Gasteiger partial charge in [-0.15, -0.1) is 0 Å². The third-order valence-electron chi connectivity index (χ3n) is 5.67. The zero-order valence-corrected chi connectivity index (χ0v) is 15.0. The Morgan fingerprint density at radius 3 is 2.44 bits per heavy atom. The van der Waals surface area contributed by atoms with Gasteiger partial charge in [-0.1, -0.05) is 6.92 Å². The van der Waals surface area contributed by atoms with Gasteiger partial charge in [0.05, 0.1) is 11.5 Å². The van der Waals surface area contributed by atoms with E-state index in [0.29, 0.717) is 18.5 Å². The fourth-order valence-electron chi connectivity index (χ4n) is 3.86. The Morgan fingerprint density at radius 2 is 1.84 bits per heavy atom. The van der Waals surface area contributed by atoms with E-state index in [1.807, 2.05) is 19.1 Å². The van der Waals surface area contributed by atoms with Crippen molar-refractivity contribution in [2.45, 2.75) is 45.6 Å². The van der Waals surface area contributed by atoms with Crippen LogP contribution in [-0.4, -0.2) is 52.5 Å². The van der Waals surface area contributed by atoms with Crippen molar-refractivity contribution < 1.29 is 14.7 Å². The average Bonchev–Trinajstić information content (AvgIpc) is 2.62. The average molecular weight is 345 g/mol. The first-order valence-electron chi connectivity index (χ1n) is 9.22. The number of anilines is 1. The molecule has 6 nitrogen and oxygen atoms in total. The molecule has 1 aromatic rings. The highest BCUT2D eigenvalue weighted by Gasteiger charge is 2.35. The molecule has 1 amide bonds. The molecule has 1 N–H and O–H groups in total. The van der Waals surface area contributed by atoms with Crippen LogP contribution >= 0.6 is 0 Å². The minimum atomic E-state index is -0.821. The molecule has 2 atom stereocenters. The summed E-state index contributed by atoms with van der Waals surface area (Å²) in [6.07, 6.45) is 5.33. The number of nitrogens with zero attached hydrogens (tertiary/aromatic N) is 3. The lowest BCUT2D eigenvalue weighted by Crippen LogP contribution is -2.49. The quantitative estimate of drug-likeness (QED) is 0.912. The third-order valence-corrected chi connectivity index (χ3v) is 5.67. The minimum absolute atomic E-state index is 0.121. The van der Waals surface area contributed by atoms with Crippen molar-refractivity contribution >= 4 is 17.7 Å². The Kier molecular flexibility index (Phi) is 5.25. The van der Waals surface area contributed by atoms with Crippen molar-refractivity contribution in [1.82, 2.24) is 9.88 Å². The van der Waals surface area contributed by atoms with Crippen molar-refractivity contribution in [1.29, 1.82) is 0 Å². The largest absolute Gasteiger partial charge is 0.481 e. The first kappa shape index (κ1) is 17.7. The summed E-state index contributed by atoms with van der Waals surface area (Å²) in [4.78, 5) is 32.6. The second kappa shape index (κ2) is 7.42. The lowest BCUT2D eigenvalue weighted by atomic mass is 9.90. The van der Waals surface area contributed by atoms with Gasteiger partial charge in [0.25, 0.3) is 5.91 Å². The van der Waals surface area contributed by atoms with Crippen molar-refractivity contribution in [3.8, 4) is 0 Å². The number of carboxylic acid groups (broad SMARTS) is 1. The van der Waals surface area contributed by atoms with Crippen molar-refractivity contribution in [3.63, 3.8) is 0 Å². The van der Waals surface area contributed by atoms with E-state index in [4.69, 9.17) is 0 Å². The molecule has 6 heteroatoms. The standard InChI is InChI=1S/C19H27N3O3/c1-13-7-10-21(11-8-13)17-6-5-15(12-20-17)18(23)22-9-3-4-16(14(22)2)19(24)25/h5-6,12-14,16H,3-4,7-11H2,1-2H3,(H,24,25)/t14-,16-/m0/s1. The van der Waals surface area contributed by atoms with Gasteiger partial charge in [0.1, 0.15) is 5.82 Å². The molecule has 2 fully saturated rings. The lowest BCUT2D eigenvalue weighted by Gasteiger charge is -2.37. The van der Waals surface area contributed by atoms with E-state index >= 15 is 0 Å². The van der Waals surface area contributed by atoms with Gasteiger partial charge in [-0.2, -0.15) is 0 Å². The van der Waals surface area contributed by atoms with Crippen molar-refractivity contribution in [2.24, 2.45) is 11.8 Å². The van der Waals surface area contributed by atoms with E-state index < -0.39 is 11.9 Å². The number of carbonyl (C=O) groups excluding carboxylic acids is 1. The van der Waals surface area contributed by atoms with E-state index in [1.54, 1.807) is 11.1 Å². The van der Waals surface area contributed by atoms with Crippen LogP contribution in [0.5, 0.6) is 0 Å². The van der Waals surface area contributed by atoms with E-state index in [1.165, 1.54) is 12.8 Å². The molecule has 2 saturated heterocycles. The second-order valence-electron chi connectivity index (χ2n) is 7.40. The SMILES string of the molecule is CC1CCN(c2ccc(C(=O)N3CCC[C@H](C(=O)O)[C@@H]3C)cn2)CC1. The zero-order valence-electron chi connectivity index (χ0n) is 15.0. The Hall–Kier alpha value is -2.11. The van der Waals surface area contributed by atoms with Gasteiger partial charge in [-0.25, -0.2) is 4.98 Å². The first-order chi connectivity index (χ1) is 12.0. The summed E-state index contributed by atoms with van der Waals surface area (Å²) in [5, 5.41) is 9.32. The summed E-state index contributed by atoms with van der Waals surface area (Å²) in [6.45, 7) is 6.72. The number of hydrogen-bond acceptors (Lipinski definition) is 4. The van der Waals surface area contributed by atoms with Crippen LogP contribution in [0, 0.1) is 11.8 Å². The Labute approximate surface area is 148 Å². The van der Waals surface area contributed by atoms with Crippen LogP contribution in [0.25, 0.3) is 0 Å². The molecule has 25 heavy (non-hydrogen) atoms. The molecule has 0 spiro atoms. The number of carbonyl (C=O) groups is 2. The molecule has 1 aromatic heterocycles. The molecular formula is C19H27N3O3. The summed E-state index contributed by atoms with van der Waals surface area (Å²) < 4.78 is 0. The number of rotatable bonds is 3. The number of aliphatic carboxylic acids is 1. The predicted octanol–water partition coefficient (Wildman–Crippen LogP) is 2.64. The fraction of sp³-hybridized carbons (Fsp3) is 0.632. The van der Waals surface area contributed by atoms with Crippen LogP contribution in [0.2, 0.25) is 0 Å². The highest BCUT2D eigenvalue weighted by molar-refractivity contribution is 5.94. The van der Waals surface area contributed by atoms with E-state index in [2.05, 4.69) is 16.8 Å². The monoisotopic (exact) mass is 345 g/mol. The van der Waals surface area contributed by atoms with Crippen LogP contribution in [0.15, 0.2) is 18.3 Å². The summed E-state index contributed by atoms with van der Waals surface area (Å²) in [5.74, 6) is 0.251. The van der Waals surface area contributed by atoms with Crippen LogP contribution in [0.1, 0.15) is 49.9 Å². The topological polar surface area (TPSA) is 73.7 Å². The molecule has 0 aromatic carbocycles. The molecule has 3 heterocycles. The van der Waals surface area contributed by atoms with Crippen molar-refractivity contribution in [3.05, 3.63) is 23.9 Å². The predicted molar refractivity (Wildman–Crippen MR) is 95.7 cm³/mol. The number of amides is 1. The van der Waals surface area contributed by atoms with E-state index in [0.717, 1.165) is 31.2 Å². The maximum Gasteiger partial charge on any atom is 0.308 e. The summed E-state index contributed by atoms with van der Waals surface area (Å²) >= 11 is 0. The van der Waals surface area contributed by atoms with Gasteiger partial charge < -0.3 is 14.9 Å². The molecule has 0 aliphatic carbocycles. The van der Waals surface area contributed by atoms with Crippen LogP contribution < -0.4 is 4.90 Å². The highest BCUT2D eigenvalue weighted by Crippen LogP contribution is 2.26. The lowest BCUT2D eigenvalue weighted by molar-refractivity contribution is -0.144. The molecule has 2 aliphatic rings. The van der Waals surface area contributed by atoms with Gasteiger partial charge in [-0.05, 0) is 50.7 Å². The van der Waals surface area contributed by atoms with E-state index in [9.17, 15) is 14.7 Å². The van der Waals surface area contributed by atoms with E-state index in [-0.39, 0.29) is 11.9 Å². The van der Waals surface area contributed by atoms with Crippen LogP contribution in [-0.2, 0) is 4.79 Å². The Morgan fingerprint density at radius 1 is 1.12 bits per heavy atom. The van der Waals surface area contributed by atoms with Gasteiger partial charge >= 0.3 is 5.97 Å². The molecule has 136 valence electrons. The molecule has 3 rings (SSSR count). The first-order valence-corrected chi connectivity index (χ1v) is 9.22. The Balaban J connectivity index is 1.69. The number of aromatic nitrogens is 1. The van der Waals surface area contributed by atoms with Gasteiger partial charge in [0.2, 0.25) is 0 Å². The molecule has 0 saturated carbocycles. The number of hydrogen-bond donors (Lipinski definition) is 1. The highest BCUT2D eigenvalue weighted by atomic mass is 16.4. The summed E-state index contributed by atoms with van der Waals surface area (Å²) in [5.41, 5.74) is 0.534. The Bertz CT molecular complexity index is 623. The molecule has 2 aliphatic heterocycles. The maximum absolute atomic E-state index is 12.8. The van der Waals surface area contributed by atoms with Crippen LogP contribution in [0.4, 0.5) is 5.82 Å². The number of likely N-dealkylation sites (tertiary alicyclic amines) is 1. The molecule has 0 bridgehead atoms. The molecular weight excluding hydrogens is 318 g/mol. The molecule has 0 radical (unpaired) electrons. The number of piperidine rings is 2. The normalized spacial score (nSPS) is 25.0. The van der Waals surface area contributed by atoms with Gasteiger partial charge in [0, 0.05) is 31.9 Å². The third kappa shape index (κ3) is 3.78. The number of pyridine rings is 1. The summed E-state index contributed by atoms with van der Waals surface area (Å²) in [6, 6.07) is 3.44. The smallest absolute Gasteiger partial charge is 0.308 e. The summed E-state index contributed by atoms with van der Waals surface area (Å²) in [7, 11) is 0. The zero-order chi connectivity index (χ0) is 18.0. The van der Waals surface area contributed by atoms with Crippen molar-refractivity contribution in [2.75, 3.05) is 24.5 Å².